The molecule has 0 spiro atoms. The number of carboxylic acids is 1. The number of guanidine groups is 3. The topological polar surface area (TPSA) is 747 Å². The van der Waals surface area contributed by atoms with Crippen LogP contribution >= 0.6 is 21.6 Å². The summed E-state index contributed by atoms with van der Waals surface area (Å²) in [6.07, 6.45) is -1.14. The maximum Gasteiger partial charge on any atom is 0.305 e. The molecule has 46 heteroatoms. The van der Waals surface area contributed by atoms with Gasteiger partial charge < -0.3 is 136 Å². The molecule has 1 aliphatic rings. The summed E-state index contributed by atoms with van der Waals surface area (Å²) in [5.41, 5.74) is 44.8. The van der Waals surface area contributed by atoms with Crippen LogP contribution in [0.15, 0.2) is 45.3 Å². The lowest BCUT2D eigenvalue weighted by molar-refractivity contribution is -0.142. The lowest BCUT2D eigenvalue weighted by Gasteiger charge is -2.29. The molecule has 0 radical (unpaired) electrons. The van der Waals surface area contributed by atoms with Crippen molar-refractivity contribution in [3.63, 3.8) is 0 Å². The Balaban J connectivity index is 2.78. The number of amides is 15. The smallest absolute Gasteiger partial charge is 0.305 e. The van der Waals surface area contributed by atoms with Crippen molar-refractivity contribution in [2.45, 2.75) is 171 Å². The predicted octanol–water partition coefficient (Wildman–Crippen LogP) is -11.1. The molecule has 110 heavy (non-hydrogen) atoms. The Bertz CT molecular complexity index is 3400. The zero-order chi connectivity index (χ0) is 82.7. The van der Waals surface area contributed by atoms with Crippen LogP contribution in [0.1, 0.15) is 98.0 Å². The van der Waals surface area contributed by atoms with Crippen LogP contribution in [-0.2, 0) is 83.1 Å². The van der Waals surface area contributed by atoms with Crippen molar-refractivity contribution in [2.75, 3.05) is 64.0 Å². The SMILES string of the molecule is CC[C@H](C)[C@@H]1NC(=O)[C@H](CCCN=C(N)N)NC(=O)CNC(=O)CNC(=O)[C@H](Cc2ccccc2)NC(=O)[C@H](NC(=O)[C@@H](CO)NC(=O)[C@@H](CO)NC(=O)[C@H](N)CCCN=C(N)N)CSSC[C@@H](C(N)=O)NC(=O)[C@H](C)NC(=O)CNC(=O)[C@H]([C@@H](C)CC)NC(=O)[C@@H](CCCN=C(N)N)NC(=O)[C@H](CC(=O)O)NC1=O. The van der Waals surface area contributed by atoms with Crippen molar-refractivity contribution in [3.05, 3.63) is 35.9 Å². The molecule has 1 fully saturated rings. The van der Waals surface area contributed by atoms with Gasteiger partial charge in [0.2, 0.25) is 88.6 Å². The Morgan fingerprint density at radius 1 is 0.518 bits per heavy atom. The van der Waals surface area contributed by atoms with Crippen LogP contribution in [0.3, 0.4) is 0 Å². The molecule has 0 bridgehead atoms. The van der Waals surface area contributed by atoms with Crippen LogP contribution in [0.5, 0.6) is 0 Å². The summed E-state index contributed by atoms with van der Waals surface area (Å²) in [6.45, 7) is 2.88. The number of nitrogens with one attached hydrogen (secondary N) is 14. The second-order valence-corrected chi connectivity index (χ2v) is 27.9. The fourth-order valence-electron chi connectivity index (χ4n) is 9.89. The molecule has 614 valence electrons. The first-order chi connectivity index (χ1) is 51.9. The number of hydrogen-bond donors (Lipinski definition) is 25. The minimum atomic E-state index is -1.95. The van der Waals surface area contributed by atoms with E-state index in [4.69, 9.17) is 45.9 Å². The van der Waals surface area contributed by atoms with E-state index in [9.17, 15) is 92.0 Å². The average molecular weight is 1590 g/mol. The van der Waals surface area contributed by atoms with Crippen molar-refractivity contribution in [1.29, 1.82) is 0 Å². The maximum atomic E-state index is 14.6. The van der Waals surface area contributed by atoms with E-state index < -0.39 is 224 Å². The standard InChI is InChI=1S/C64H107N25O19S2/c1-6-31(3)48-60(107)78-26-45(93)79-33(5)51(98)86-42(50(66)97)29-109-110-30-43(87-58(105)41(28-91)85-57(104)40(27-90)84-52(99)35(65)16-11-19-73-62(67)68)59(106)82-38(22-34-14-9-8-10-15-34)53(100)77-24-44(92)76-25-46(94)80-36(17-12-20-74-63(69)70)54(101)89-49(32(4)7-2)61(108)83-39(23-47(95)96)56(103)81-37(55(102)88-48)18-13-21-75-64(71)72/h8-10,14-15,31-33,35-43,48-49,90-91H,6-7,11-13,16-30,65H2,1-5H3,(H2,66,97)(H,76,92)(H,77,100)(H,78,107)(H,79,93)(H,80,94)(H,81,103)(H,82,106)(H,83,108)(H,84,99)(H,85,104)(H,86,98)(H,87,105)(H,88,102)(H,89,101)(H,95,96)(H4,67,68,73)(H4,69,70,74)(H4,71,72,75)/t31-,32-,33-,35+,36-,37+,38-,39-,40+,41+,42-,43+,48-,49-/m0/s1. The van der Waals surface area contributed by atoms with Crippen LogP contribution < -0.4 is 120 Å². The van der Waals surface area contributed by atoms with E-state index in [0.29, 0.717) is 5.56 Å². The monoisotopic (exact) mass is 1590 g/mol. The first kappa shape index (κ1) is 95.2. The number of carbonyl (C=O) groups excluding carboxylic acids is 15. The Morgan fingerprint density at radius 3 is 1.52 bits per heavy atom. The number of aliphatic hydroxyl groups excluding tert-OH is 2. The zero-order valence-corrected chi connectivity index (χ0v) is 63.4. The number of nitrogens with zero attached hydrogens (tertiary/aromatic N) is 3. The van der Waals surface area contributed by atoms with Crippen LogP contribution in [0.4, 0.5) is 0 Å². The number of nitrogens with two attached hydrogens (primary N) is 8. The first-order valence-corrected chi connectivity index (χ1v) is 37.5. The summed E-state index contributed by atoms with van der Waals surface area (Å²) in [5.74, 6) is -20.5. The molecule has 14 atom stereocenters. The average Bonchev–Trinajstić information content (AvgIpc) is 0.852. The third-order valence-electron chi connectivity index (χ3n) is 16.5. The number of carboxylic acid groups (broad SMARTS) is 1. The summed E-state index contributed by atoms with van der Waals surface area (Å²) in [5, 5.41) is 64.0. The largest absolute Gasteiger partial charge is 0.481 e. The third kappa shape index (κ3) is 36.8. The van der Waals surface area contributed by atoms with Gasteiger partial charge in [0.25, 0.3) is 0 Å². The third-order valence-corrected chi connectivity index (χ3v) is 19.0. The van der Waals surface area contributed by atoms with E-state index in [0.717, 1.165) is 21.6 Å². The van der Waals surface area contributed by atoms with E-state index in [2.05, 4.69) is 89.4 Å². The molecule has 1 saturated heterocycles. The van der Waals surface area contributed by atoms with Gasteiger partial charge in [-0.05, 0) is 62.8 Å². The summed E-state index contributed by atoms with van der Waals surface area (Å²) in [6, 6.07) is -11.2. The van der Waals surface area contributed by atoms with Gasteiger partial charge in [0.05, 0.1) is 45.3 Å². The minimum Gasteiger partial charge on any atom is -0.481 e. The molecular weight excluding hydrogens is 1490 g/mol. The molecular formula is C64H107N25O19S2. The number of aliphatic hydroxyl groups is 2. The number of carbonyl (C=O) groups is 16. The van der Waals surface area contributed by atoms with Gasteiger partial charge in [0.15, 0.2) is 17.9 Å². The molecule has 2 rings (SSSR count). The second-order valence-electron chi connectivity index (χ2n) is 25.4. The van der Waals surface area contributed by atoms with Crippen molar-refractivity contribution in [3.8, 4) is 0 Å². The Morgan fingerprint density at radius 2 is 0.982 bits per heavy atom. The molecule has 0 unspecified atom stereocenters. The van der Waals surface area contributed by atoms with E-state index in [1.54, 1.807) is 51.1 Å². The number of rotatable bonds is 29. The van der Waals surface area contributed by atoms with Gasteiger partial charge in [-0.25, -0.2) is 0 Å². The summed E-state index contributed by atoms with van der Waals surface area (Å²) in [4.78, 5) is 231. The predicted molar refractivity (Wildman–Crippen MR) is 403 cm³/mol. The molecule has 1 aliphatic heterocycles. The van der Waals surface area contributed by atoms with Crippen molar-refractivity contribution < 1.29 is 92.0 Å². The number of benzene rings is 1. The van der Waals surface area contributed by atoms with Gasteiger partial charge >= 0.3 is 5.97 Å². The molecule has 0 saturated carbocycles. The molecule has 0 aromatic heterocycles. The first-order valence-electron chi connectivity index (χ1n) is 35.0. The highest BCUT2D eigenvalue weighted by atomic mass is 33.1. The summed E-state index contributed by atoms with van der Waals surface area (Å²) in [7, 11) is 1.60. The zero-order valence-electron chi connectivity index (χ0n) is 61.8. The van der Waals surface area contributed by atoms with Gasteiger partial charge in [0, 0.05) is 37.6 Å². The lowest BCUT2D eigenvalue weighted by Crippen LogP contribution is -2.61. The summed E-state index contributed by atoms with van der Waals surface area (Å²) < 4.78 is 0. The highest BCUT2D eigenvalue weighted by Crippen LogP contribution is 2.24. The Kier molecular flexibility index (Phi) is 43.9. The fraction of sp³-hybridized carbons (Fsp3) is 0.609. The van der Waals surface area contributed by atoms with Gasteiger partial charge in [-0.2, -0.15) is 0 Å². The van der Waals surface area contributed by atoms with Gasteiger partial charge in [-0.3, -0.25) is 91.7 Å². The normalized spacial score (nSPS) is 22.6. The molecule has 33 N–H and O–H groups in total. The molecule has 1 aromatic rings. The molecule has 44 nitrogen and oxygen atoms in total. The van der Waals surface area contributed by atoms with Crippen LogP contribution in [0.25, 0.3) is 0 Å². The quantitative estimate of drug-likeness (QED) is 0.0153. The van der Waals surface area contributed by atoms with Crippen molar-refractivity contribution in [2.24, 2.45) is 72.7 Å². The maximum absolute atomic E-state index is 14.6. The Hall–Kier alpha value is -10.9. The second kappa shape index (κ2) is 50.7. The van der Waals surface area contributed by atoms with E-state index in [-0.39, 0.29) is 101 Å². The molecule has 0 aliphatic carbocycles. The number of primary amides is 1. The van der Waals surface area contributed by atoms with E-state index in [1.165, 1.54) is 13.8 Å². The van der Waals surface area contributed by atoms with Gasteiger partial charge in [0.1, 0.15) is 66.5 Å². The highest BCUT2D eigenvalue weighted by molar-refractivity contribution is 8.76. The minimum absolute atomic E-state index is 0.00703. The highest BCUT2D eigenvalue weighted by Gasteiger charge is 2.38. The van der Waals surface area contributed by atoms with E-state index >= 15 is 0 Å². The fourth-order valence-corrected chi connectivity index (χ4v) is 12.2. The lowest BCUT2D eigenvalue weighted by atomic mass is 9.96. The number of aliphatic carboxylic acids is 1. The summed E-state index contributed by atoms with van der Waals surface area (Å²) >= 11 is 0. The number of hydrogen-bond acceptors (Lipinski definition) is 24. The molecule has 15 amide bonds. The molecule has 1 heterocycles. The van der Waals surface area contributed by atoms with Gasteiger partial charge in [-0.1, -0.05) is 92.5 Å². The van der Waals surface area contributed by atoms with Crippen LogP contribution in [0, 0.1) is 11.8 Å². The van der Waals surface area contributed by atoms with Crippen LogP contribution in [-0.4, -0.2) is 264 Å². The number of aliphatic imine (C=N–C) groups is 3. The van der Waals surface area contributed by atoms with Crippen LogP contribution in [0.2, 0.25) is 0 Å². The van der Waals surface area contributed by atoms with E-state index in [1.807, 2.05) is 0 Å². The van der Waals surface area contributed by atoms with Crippen molar-refractivity contribution in [1.82, 2.24) is 74.4 Å². The van der Waals surface area contributed by atoms with Gasteiger partial charge in [-0.15, -0.1) is 0 Å². The molecule has 1 aromatic carbocycles. The van der Waals surface area contributed by atoms with Crippen molar-refractivity contribution >= 4 is 134 Å². The Labute approximate surface area is 641 Å².